The minimum absolute atomic E-state index is 0.247. The smallest absolute Gasteiger partial charge is 0.269 e. The maximum atomic E-state index is 12.7. The molecule has 0 saturated carbocycles. The van der Waals surface area contributed by atoms with E-state index in [1.54, 1.807) is 6.92 Å². The molecule has 6 heteroatoms. The van der Waals surface area contributed by atoms with Crippen LogP contribution >= 0.6 is 0 Å². The Hall–Kier alpha value is -3.82. The summed E-state index contributed by atoms with van der Waals surface area (Å²) < 4.78 is 5.34. The first-order chi connectivity index (χ1) is 14.6. The highest BCUT2D eigenvalue weighted by Crippen LogP contribution is 2.33. The largest absolute Gasteiger partial charge is 0.408 e. The molecule has 0 radical (unpaired) electrons. The number of aryl methyl sites for hydroxylation is 1. The number of hydrogen-bond acceptors (Lipinski definition) is 4. The Kier molecular flexibility index (Phi) is 5.38. The molecule has 1 amide bonds. The van der Waals surface area contributed by atoms with Gasteiger partial charge < -0.3 is 20.8 Å². The van der Waals surface area contributed by atoms with Crippen molar-refractivity contribution in [1.82, 2.24) is 15.3 Å². The first-order valence-electron chi connectivity index (χ1n) is 9.71. The van der Waals surface area contributed by atoms with E-state index in [1.165, 1.54) is 0 Å². The molecule has 0 fully saturated rings. The van der Waals surface area contributed by atoms with Gasteiger partial charge >= 0.3 is 0 Å². The molecule has 6 nitrogen and oxygen atoms in total. The third-order valence-electron chi connectivity index (χ3n) is 4.81. The quantitative estimate of drug-likeness (QED) is 0.447. The van der Waals surface area contributed by atoms with Crippen LogP contribution in [0.15, 0.2) is 48.5 Å². The van der Waals surface area contributed by atoms with Crippen molar-refractivity contribution in [2.24, 2.45) is 5.73 Å². The zero-order valence-electron chi connectivity index (χ0n) is 16.9. The van der Waals surface area contributed by atoms with Crippen LogP contribution < -0.4 is 15.8 Å². The number of hydrogen-bond donors (Lipinski definition) is 3. The van der Waals surface area contributed by atoms with Gasteiger partial charge in [-0.1, -0.05) is 17.6 Å². The minimum atomic E-state index is -0.247. The molecule has 0 bridgehead atoms. The lowest BCUT2D eigenvalue weighted by molar-refractivity contribution is 0.0950. The third-order valence-corrected chi connectivity index (χ3v) is 4.81. The van der Waals surface area contributed by atoms with Crippen LogP contribution in [-0.2, 0) is 0 Å². The SMILES string of the molecule is CC#COc1ccc(-c2nc(C(=O)NCCN)cc3c2[nH]c2ccc(C)cc23)cc1. The van der Waals surface area contributed by atoms with Crippen molar-refractivity contribution in [1.29, 1.82) is 0 Å². The van der Waals surface area contributed by atoms with Crippen molar-refractivity contribution in [2.75, 3.05) is 13.1 Å². The first-order valence-corrected chi connectivity index (χ1v) is 9.71. The molecule has 0 aliphatic rings. The Bertz CT molecular complexity index is 1290. The summed E-state index contributed by atoms with van der Waals surface area (Å²) in [7, 11) is 0. The number of carbonyl (C=O) groups is 1. The Balaban J connectivity index is 1.90. The molecule has 0 aliphatic carbocycles. The Morgan fingerprint density at radius 1 is 1.17 bits per heavy atom. The molecule has 4 aromatic rings. The van der Waals surface area contributed by atoms with E-state index in [-0.39, 0.29) is 5.91 Å². The fourth-order valence-electron chi connectivity index (χ4n) is 3.40. The van der Waals surface area contributed by atoms with Crippen molar-refractivity contribution in [3.8, 4) is 29.0 Å². The van der Waals surface area contributed by atoms with Crippen molar-refractivity contribution >= 4 is 27.7 Å². The molecule has 4 rings (SSSR count). The lowest BCUT2D eigenvalue weighted by atomic mass is 10.1. The summed E-state index contributed by atoms with van der Waals surface area (Å²) in [5, 5.41) is 4.81. The number of H-pyrrole nitrogens is 1. The van der Waals surface area contributed by atoms with Gasteiger partial charge in [0.05, 0.1) is 11.2 Å². The van der Waals surface area contributed by atoms with Crippen molar-refractivity contribution in [3.63, 3.8) is 0 Å². The van der Waals surface area contributed by atoms with Gasteiger partial charge in [-0.25, -0.2) is 4.98 Å². The van der Waals surface area contributed by atoms with Gasteiger partial charge in [-0.15, -0.1) is 0 Å². The predicted octanol–water partition coefficient (Wildman–Crippen LogP) is 3.74. The second kappa shape index (κ2) is 8.27. The minimum Gasteiger partial charge on any atom is -0.408 e. The maximum absolute atomic E-state index is 12.7. The first kappa shape index (κ1) is 19.5. The van der Waals surface area contributed by atoms with Crippen LogP contribution in [0.25, 0.3) is 33.1 Å². The second-order valence-corrected chi connectivity index (χ2v) is 6.98. The van der Waals surface area contributed by atoms with Crippen LogP contribution in [0.5, 0.6) is 5.75 Å². The molecule has 0 aliphatic heterocycles. The van der Waals surface area contributed by atoms with Crippen LogP contribution in [0, 0.1) is 19.0 Å². The van der Waals surface area contributed by atoms with E-state index in [1.807, 2.05) is 43.3 Å². The molecule has 0 unspecified atom stereocenters. The molecule has 0 saturated heterocycles. The number of benzene rings is 2. The van der Waals surface area contributed by atoms with E-state index in [9.17, 15) is 4.79 Å². The number of nitrogens with one attached hydrogen (secondary N) is 2. The monoisotopic (exact) mass is 398 g/mol. The van der Waals surface area contributed by atoms with Gasteiger partial charge in [0.1, 0.15) is 17.5 Å². The van der Waals surface area contributed by atoms with Gasteiger partial charge in [-0.3, -0.25) is 4.79 Å². The molecule has 2 aromatic heterocycles. The highest BCUT2D eigenvalue weighted by Gasteiger charge is 2.17. The van der Waals surface area contributed by atoms with E-state index < -0.39 is 0 Å². The highest BCUT2D eigenvalue weighted by molar-refractivity contribution is 6.13. The zero-order valence-corrected chi connectivity index (χ0v) is 16.9. The van der Waals surface area contributed by atoms with Gasteiger partial charge in [-0.05, 0) is 49.4 Å². The third kappa shape index (κ3) is 3.71. The number of amides is 1. The van der Waals surface area contributed by atoms with Crippen LogP contribution in [0.4, 0.5) is 0 Å². The van der Waals surface area contributed by atoms with E-state index in [4.69, 9.17) is 10.5 Å². The topological polar surface area (TPSA) is 93.0 Å². The van der Waals surface area contributed by atoms with E-state index in [0.717, 1.165) is 32.9 Å². The van der Waals surface area contributed by atoms with Gasteiger partial charge in [0.25, 0.3) is 5.91 Å². The van der Waals surface area contributed by atoms with Crippen molar-refractivity contribution < 1.29 is 9.53 Å². The van der Waals surface area contributed by atoms with E-state index in [0.29, 0.717) is 30.2 Å². The van der Waals surface area contributed by atoms with Crippen LogP contribution in [0.3, 0.4) is 0 Å². The summed E-state index contributed by atoms with van der Waals surface area (Å²) >= 11 is 0. The van der Waals surface area contributed by atoms with Crippen LogP contribution in [0.1, 0.15) is 23.0 Å². The number of nitrogens with two attached hydrogens (primary N) is 1. The number of rotatable bonds is 5. The van der Waals surface area contributed by atoms with Gasteiger partial charge in [0.15, 0.2) is 0 Å². The lowest BCUT2D eigenvalue weighted by Gasteiger charge is -2.08. The molecule has 30 heavy (non-hydrogen) atoms. The Morgan fingerprint density at radius 3 is 2.70 bits per heavy atom. The number of fused-ring (bicyclic) bond motifs is 3. The summed E-state index contributed by atoms with van der Waals surface area (Å²) in [6.07, 6.45) is 2.59. The van der Waals surface area contributed by atoms with Gasteiger partial charge in [-0.2, -0.15) is 0 Å². The van der Waals surface area contributed by atoms with Gasteiger partial charge in [0.2, 0.25) is 0 Å². The summed E-state index contributed by atoms with van der Waals surface area (Å²) in [4.78, 5) is 20.8. The summed E-state index contributed by atoms with van der Waals surface area (Å²) in [5.74, 6) is 3.10. The van der Waals surface area contributed by atoms with Crippen LogP contribution in [0.2, 0.25) is 0 Å². The Morgan fingerprint density at radius 2 is 1.97 bits per heavy atom. The molecular weight excluding hydrogens is 376 g/mol. The number of aromatic amines is 1. The van der Waals surface area contributed by atoms with E-state index >= 15 is 0 Å². The van der Waals surface area contributed by atoms with Crippen molar-refractivity contribution in [2.45, 2.75) is 13.8 Å². The Labute approximate surface area is 174 Å². The molecule has 2 heterocycles. The molecule has 4 N–H and O–H groups in total. The van der Waals surface area contributed by atoms with E-state index in [2.05, 4.69) is 39.4 Å². The summed E-state index contributed by atoms with van der Waals surface area (Å²) in [6.45, 7) is 4.53. The lowest BCUT2D eigenvalue weighted by Crippen LogP contribution is -2.29. The molecule has 150 valence electrons. The summed E-state index contributed by atoms with van der Waals surface area (Å²) in [6, 6.07) is 15.5. The predicted molar refractivity (Wildman–Crippen MR) is 119 cm³/mol. The zero-order chi connectivity index (χ0) is 21.1. The number of carbonyl (C=O) groups excluding carboxylic acids is 1. The van der Waals surface area contributed by atoms with Crippen LogP contribution in [-0.4, -0.2) is 29.0 Å². The standard InChI is InChI=1S/C24H22N4O2/c1-3-12-30-17-7-5-16(6-8-17)22-23-19(14-21(28-22)24(29)26-11-10-25)18-13-15(2)4-9-20(18)27-23/h4-9,13-14,27H,10-11,25H2,1-2H3,(H,26,29). The average Bonchev–Trinajstić information content (AvgIpc) is 3.13. The second-order valence-electron chi connectivity index (χ2n) is 6.98. The molecule has 0 atom stereocenters. The number of ether oxygens (including phenoxy) is 1. The van der Waals surface area contributed by atoms with Gasteiger partial charge in [0, 0.05) is 41.9 Å². The maximum Gasteiger partial charge on any atom is 0.269 e. The highest BCUT2D eigenvalue weighted by atomic mass is 16.5. The summed E-state index contributed by atoms with van der Waals surface area (Å²) in [5.41, 5.74) is 10.5. The average molecular weight is 398 g/mol. The molecule has 0 spiro atoms. The number of aromatic nitrogens is 2. The fraction of sp³-hybridized carbons (Fsp3) is 0.167. The molecule has 2 aromatic carbocycles. The normalized spacial score (nSPS) is 10.6. The van der Waals surface area contributed by atoms with Crippen molar-refractivity contribution in [3.05, 3.63) is 59.8 Å². The number of nitrogens with zero attached hydrogens (tertiary/aromatic N) is 1. The molecular formula is C24H22N4O2. The number of pyridine rings is 1. The fourth-order valence-corrected chi connectivity index (χ4v) is 3.40.